The van der Waals surface area contributed by atoms with Crippen molar-refractivity contribution in [2.24, 2.45) is 0 Å². The summed E-state index contributed by atoms with van der Waals surface area (Å²) in [4.78, 5) is 16.9. The SMILES string of the molecule is Cc1cc(C)n2c(C(=O)NCc3nncn3CCc3ccccc3)nnc2n1. The topological polar surface area (TPSA) is 103 Å². The first-order chi connectivity index (χ1) is 13.6. The molecule has 0 aliphatic carbocycles. The summed E-state index contributed by atoms with van der Waals surface area (Å²) in [6.45, 7) is 4.75. The number of benzene rings is 1. The van der Waals surface area contributed by atoms with Gasteiger partial charge >= 0.3 is 0 Å². The fourth-order valence-electron chi connectivity index (χ4n) is 3.11. The van der Waals surface area contributed by atoms with Crippen LogP contribution in [0.3, 0.4) is 0 Å². The van der Waals surface area contributed by atoms with Crippen molar-refractivity contribution in [1.29, 1.82) is 0 Å². The van der Waals surface area contributed by atoms with Gasteiger partial charge in [-0.15, -0.1) is 20.4 Å². The predicted octanol–water partition coefficient (Wildman–Crippen LogP) is 1.51. The Kier molecular flexibility index (Phi) is 4.79. The molecule has 3 heterocycles. The van der Waals surface area contributed by atoms with E-state index < -0.39 is 0 Å². The molecule has 0 aliphatic heterocycles. The third-order valence-electron chi connectivity index (χ3n) is 4.48. The molecule has 0 spiro atoms. The molecule has 0 radical (unpaired) electrons. The molecule has 4 rings (SSSR count). The number of carbonyl (C=O) groups excluding carboxylic acids is 1. The number of aromatic nitrogens is 7. The molecule has 0 unspecified atom stereocenters. The van der Waals surface area contributed by atoms with Crippen LogP contribution in [0.4, 0.5) is 0 Å². The summed E-state index contributed by atoms with van der Waals surface area (Å²) >= 11 is 0. The van der Waals surface area contributed by atoms with Crippen LogP contribution in [0.15, 0.2) is 42.7 Å². The van der Waals surface area contributed by atoms with Crippen molar-refractivity contribution >= 4 is 11.7 Å². The summed E-state index contributed by atoms with van der Waals surface area (Å²) in [6, 6.07) is 12.1. The zero-order valence-electron chi connectivity index (χ0n) is 15.7. The number of hydrogen-bond donors (Lipinski definition) is 1. The van der Waals surface area contributed by atoms with Crippen molar-refractivity contribution in [3.63, 3.8) is 0 Å². The van der Waals surface area contributed by atoms with Gasteiger partial charge in [0, 0.05) is 17.9 Å². The minimum atomic E-state index is -0.334. The normalized spacial score (nSPS) is 11.1. The molecule has 28 heavy (non-hydrogen) atoms. The Morgan fingerprint density at radius 1 is 1.11 bits per heavy atom. The number of aryl methyl sites for hydroxylation is 4. The Labute approximate surface area is 161 Å². The number of nitrogens with one attached hydrogen (secondary N) is 1. The maximum atomic E-state index is 12.6. The smallest absolute Gasteiger partial charge is 0.290 e. The van der Waals surface area contributed by atoms with Crippen LogP contribution >= 0.6 is 0 Å². The Bertz CT molecular complexity index is 1120. The van der Waals surface area contributed by atoms with E-state index in [2.05, 4.69) is 42.8 Å². The van der Waals surface area contributed by atoms with Gasteiger partial charge in [0.15, 0.2) is 5.82 Å². The highest BCUT2D eigenvalue weighted by molar-refractivity contribution is 5.91. The molecule has 0 bridgehead atoms. The Balaban J connectivity index is 1.44. The molecule has 0 saturated heterocycles. The van der Waals surface area contributed by atoms with E-state index in [1.165, 1.54) is 5.56 Å². The number of hydrogen-bond acceptors (Lipinski definition) is 6. The molecule has 142 valence electrons. The molecule has 1 aromatic carbocycles. The summed E-state index contributed by atoms with van der Waals surface area (Å²) < 4.78 is 3.58. The molecule has 9 nitrogen and oxygen atoms in total. The van der Waals surface area contributed by atoms with Crippen LogP contribution in [-0.4, -0.2) is 40.3 Å². The van der Waals surface area contributed by atoms with E-state index in [4.69, 9.17) is 0 Å². The first-order valence-electron chi connectivity index (χ1n) is 9.00. The Hall–Kier alpha value is -3.62. The molecule has 9 heteroatoms. The van der Waals surface area contributed by atoms with Crippen LogP contribution in [0.5, 0.6) is 0 Å². The number of fused-ring (bicyclic) bond motifs is 1. The number of amides is 1. The fraction of sp³-hybridized carbons (Fsp3) is 0.263. The Morgan fingerprint density at radius 3 is 2.75 bits per heavy atom. The number of carbonyl (C=O) groups is 1. The highest BCUT2D eigenvalue weighted by atomic mass is 16.2. The van der Waals surface area contributed by atoms with E-state index in [1.54, 1.807) is 10.7 Å². The standard InChI is InChI=1S/C19H20N8O/c1-13-10-14(2)27-17(24-25-19(27)22-13)18(28)20-11-16-23-21-12-26(16)9-8-15-6-4-3-5-7-15/h3-7,10,12H,8-9,11H2,1-2H3,(H,20,28). The molecule has 1 amide bonds. The lowest BCUT2D eigenvalue weighted by atomic mass is 10.1. The largest absolute Gasteiger partial charge is 0.342 e. The average molecular weight is 376 g/mol. The first-order valence-corrected chi connectivity index (χ1v) is 9.00. The molecule has 0 atom stereocenters. The van der Waals surface area contributed by atoms with Gasteiger partial charge in [0.25, 0.3) is 11.7 Å². The molecule has 4 aromatic rings. The van der Waals surface area contributed by atoms with Gasteiger partial charge in [-0.1, -0.05) is 30.3 Å². The first kappa shape index (κ1) is 17.8. The van der Waals surface area contributed by atoms with E-state index in [1.807, 2.05) is 42.7 Å². The molecular formula is C19H20N8O. The second kappa shape index (κ2) is 7.55. The van der Waals surface area contributed by atoms with Gasteiger partial charge < -0.3 is 9.88 Å². The third-order valence-corrected chi connectivity index (χ3v) is 4.48. The predicted molar refractivity (Wildman–Crippen MR) is 102 cm³/mol. The summed E-state index contributed by atoms with van der Waals surface area (Å²) in [5.41, 5.74) is 2.92. The third kappa shape index (κ3) is 3.59. The van der Waals surface area contributed by atoms with Crippen molar-refractivity contribution in [1.82, 2.24) is 39.7 Å². The van der Waals surface area contributed by atoms with Gasteiger partial charge in [-0.05, 0) is 31.9 Å². The molecule has 0 aliphatic rings. The minimum absolute atomic E-state index is 0.204. The van der Waals surface area contributed by atoms with Gasteiger partial charge in [-0.25, -0.2) is 4.98 Å². The fourth-order valence-corrected chi connectivity index (χ4v) is 3.11. The van der Waals surface area contributed by atoms with Crippen molar-refractivity contribution < 1.29 is 4.79 Å². The van der Waals surface area contributed by atoms with E-state index >= 15 is 0 Å². The van der Waals surface area contributed by atoms with Crippen LogP contribution < -0.4 is 5.32 Å². The molecule has 0 saturated carbocycles. The second-order valence-corrected chi connectivity index (χ2v) is 6.56. The van der Waals surface area contributed by atoms with Crippen LogP contribution in [0.2, 0.25) is 0 Å². The van der Waals surface area contributed by atoms with E-state index in [0.717, 1.165) is 24.4 Å². The maximum absolute atomic E-state index is 12.6. The van der Waals surface area contributed by atoms with Gasteiger partial charge in [-0.2, -0.15) is 0 Å². The van der Waals surface area contributed by atoms with E-state index in [9.17, 15) is 4.79 Å². The quantitative estimate of drug-likeness (QED) is 0.547. The molecule has 3 aromatic heterocycles. The lowest BCUT2D eigenvalue weighted by Crippen LogP contribution is -2.27. The molecule has 1 N–H and O–H groups in total. The van der Waals surface area contributed by atoms with Crippen molar-refractivity contribution in [3.05, 3.63) is 71.3 Å². The van der Waals surface area contributed by atoms with Gasteiger partial charge in [0.05, 0.1) is 6.54 Å². The summed E-state index contributed by atoms with van der Waals surface area (Å²) in [5, 5.41) is 18.9. The van der Waals surface area contributed by atoms with Crippen molar-refractivity contribution in [2.45, 2.75) is 33.4 Å². The lowest BCUT2D eigenvalue weighted by Gasteiger charge is -2.08. The monoisotopic (exact) mass is 376 g/mol. The molecular weight excluding hydrogens is 356 g/mol. The summed E-state index contributed by atoms with van der Waals surface area (Å²) in [7, 11) is 0. The second-order valence-electron chi connectivity index (χ2n) is 6.56. The number of nitrogens with zero attached hydrogens (tertiary/aromatic N) is 7. The van der Waals surface area contributed by atoms with Crippen LogP contribution in [0.1, 0.15) is 33.4 Å². The van der Waals surface area contributed by atoms with Crippen LogP contribution in [0, 0.1) is 13.8 Å². The van der Waals surface area contributed by atoms with Gasteiger partial charge in [-0.3, -0.25) is 9.20 Å². The van der Waals surface area contributed by atoms with Gasteiger partial charge in [0.1, 0.15) is 6.33 Å². The highest BCUT2D eigenvalue weighted by Gasteiger charge is 2.17. The average Bonchev–Trinajstić information content (AvgIpc) is 3.32. The van der Waals surface area contributed by atoms with Crippen molar-refractivity contribution in [3.8, 4) is 0 Å². The number of rotatable bonds is 6. The summed E-state index contributed by atoms with van der Waals surface area (Å²) in [6.07, 6.45) is 2.53. The van der Waals surface area contributed by atoms with Crippen LogP contribution in [0.25, 0.3) is 5.78 Å². The zero-order valence-corrected chi connectivity index (χ0v) is 15.7. The van der Waals surface area contributed by atoms with E-state index in [-0.39, 0.29) is 18.3 Å². The zero-order chi connectivity index (χ0) is 19.5. The van der Waals surface area contributed by atoms with E-state index in [0.29, 0.717) is 11.6 Å². The minimum Gasteiger partial charge on any atom is -0.342 e. The molecule has 0 fully saturated rings. The van der Waals surface area contributed by atoms with Crippen molar-refractivity contribution in [2.75, 3.05) is 0 Å². The van der Waals surface area contributed by atoms with Gasteiger partial charge in [0.2, 0.25) is 5.82 Å². The Morgan fingerprint density at radius 2 is 1.93 bits per heavy atom. The summed E-state index contributed by atoms with van der Waals surface area (Å²) in [5.74, 6) is 0.965. The highest BCUT2D eigenvalue weighted by Crippen LogP contribution is 2.08. The maximum Gasteiger partial charge on any atom is 0.290 e. The van der Waals surface area contributed by atoms with Crippen LogP contribution in [-0.2, 0) is 19.5 Å². The lowest BCUT2D eigenvalue weighted by molar-refractivity contribution is 0.0937.